The maximum absolute atomic E-state index is 12.5. The van der Waals surface area contributed by atoms with Crippen molar-refractivity contribution in [1.29, 1.82) is 0 Å². The Morgan fingerprint density at radius 2 is 1.80 bits per heavy atom. The molecule has 0 aliphatic carbocycles. The highest BCUT2D eigenvalue weighted by Gasteiger charge is 2.25. The molecule has 9 heteroatoms. The fraction of sp³-hybridized carbons (Fsp3) is 0.188. The average molecular weight is 346 g/mol. The molecular formula is C16H14N2O7. The highest BCUT2D eigenvalue weighted by Crippen LogP contribution is 2.40. The van der Waals surface area contributed by atoms with E-state index in [4.69, 9.17) is 18.9 Å². The van der Waals surface area contributed by atoms with Gasteiger partial charge in [0.2, 0.25) is 6.79 Å². The Balaban J connectivity index is 1.92. The largest absolute Gasteiger partial charge is 0.493 e. The molecule has 130 valence electrons. The van der Waals surface area contributed by atoms with Crippen LogP contribution in [0.4, 0.5) is 11.4 Å². The van der Waals surface area contributed by atoms with E-state index in [-0.39, 0.29) is 29.5 Å². The van der Waals surface area contributed by atoms with Crippen LogP contribution < -0.4 is 24.3 Å². The van der Waals surface area contributed by atoms with Gasteiger partial charge in [0.25, 0.3) is 11.6 Å². The predicted octanol–water partition coefficient (Wildman–Crippen LogP) is 2.59. The van der Waals surface area contributed by atoms with Crippen LogP contribution in [0.3, 0.4) is 0 Å². The molecule has 2 aromatic rings. The van der Waals surface area contributed by atoms with E-state index in [2.05, 4.69) is 5.32 Å². The molecule has 0 radical (unpaired) electrons. The van der Waals surface area contributed by atoms with E-state index < -0.39 is 10.8 Å². The third-order valence-corrected chi connectivity index (χ3v) is 3.58. The Hall–Kier alpha value is -3.49. The first kappa shape index (κ1) is 16.4. The molecule has 25 heavy (non-hydrogen) atoms. The number of ether oxygens (including phenoxy) is 4. The molecule has 0 saturated carbocycles. The highest BCUT2D eigenvalue weighted by molar-refractivity contribution is 6.06. The minimum absolute atomic E-state index is 0.00837. The highest BCUT2D eigenvalue weighted by atomic mass is 16.7. The van der Waals surface area contributed by atoms with Crippen molar-refractivity contribution in [3.8, 4) is 23.0 Å². The molecule has 0 saturated heterocycles. The molecule has 3 rings (SSSR count). The van der Waals surface area contributed by atoms with Crippen molar-refractivity contribution in [2.45, 2.75) is 0 Å². The SMILES string of the molecule is COc1ccc(C(=O)Nc2cc3c(cc2[N+](=O)[O-])OCO3)cc1OC. The van der Waals surface area contributed by atoms with Crippen molar-refractivity contribution < 1.29 is 28.7 Å². The van der Waals surface area contributed by atoms with Crippen LogP contribution in [-0.4, -0.2) is 31.8 Å². The molecule has 2 aromatic carbocycles. The van der Waals surface area contributed by atoms with E-state index in [0.717, 1.165) is 0 Å². The molecule has 1 aliphatic heterocycles. The standard InChI is InChI=1S/C16H14N2O7/c1-22-12-4-3-9(5-13(12)23-2)16(19)17-10-6-14-15(25-8-24-14)7-11(10)18(20)21/h3-7H,8H2,1-2H3,(H,17,19). The number of rotatable bonds is 5. The maximum Gasteiger partial charge on any atom is 0.296 e. The van der Waals surface area contributed by atoms with Gasteiger partial charge in [-0.1, -0.05) is 0 Å². The zero-order chi connectivity index (χ0) is 18.0. The van der Waals surface area contributed by atoms with E-state index in [9.17, 15) is 14.9 Å². The lowest BCUT2D eigenvalue weighted by molar-refractivity contribution is -0.384. The zero-order valence-corrected chi connectivity index (χ0v) is 13.4. The second kappa shape index (κ2) is 6.56. The fourth-order valence-corrected chi connectivity index (χ4v) is 2.35. The summed E-state index contributed by atoms with van der Waals surface area (Å²) in [5, 5.41) is 13.8. The number of methoxy groups -OCH3 is 2. The van der Waals surface area contributed by atoms with Crippen LogP contribution in [0.5, 0.6) is 23.0 Å². The molecule has 1 heterocycles. The molecule has 9 nitrogen and oxygen atoms in total. The molecule has 1 amide bonds. The van der Waals surface area contributed by atoms with Gasteiger partial charge in [-0.3, -0.25) is 14.9 Å². The van der Waals surface area contributed by atoms with Gasteiger partial charge in [0.15, 0.2) is 23.0 Å². The first-order valence-corrected chi connectivity index (χ1v) is 7.15. The van der Waals surface area contributed by atoms with Crippen LogP contribution in [0, 0.1) is 10.1 Å². The van der Waals surface area contributed by atoms with Crippen molar-refractivity contribution in [3.05, 3.63) is 46.0 Å². The minimum atomic E-state index is -0.605. The molecule has 0 aromatic heterocycles. The van der Waals surface area contributed by atoms with Crippen molar-refractivity contribution in [1.82, 2.24) is 0 Å². The molecule has 0 unspecified atom stereocenters. The first-order chi connectivity index (χ1) is 12.0. The summed E-state index contributed by atoms with van der Waals surface area (Å²) in [7, 11) is 2.93. The van der Waals surface area contributed by atoms with E-state index in [0.29, 0.717) is 17.2 Å². The summed E-state index contributed by atoms with van der Waals surface area (Å²) in [6, 6.07) is 7.15. The third-order valence-electron chi connectivity index (χ3n) is 3.58. The number of hydrogen-bond acceptors (Lipinski definition) is 7. The van der Waals surface area contributed by atoms with Gasteiger partial charge in [0, 0.05) is 11.6 Å². The molecule has 1 aliphatic rings. The summed E-state index contributed by atoms with van der Waals surface area (Å²) < 4.78 is 20.6. The molecule has 0 spiro atoms. The van der Waals surface area contributed by atoms with Crippen molar-refractivity contribution in [2.24, 2.45) is 0 Å². The van der Waals surface area contributed by atoms with E-state index >= 15 is 0 Å². The number of nitrogens with one attached hydrogen (secondary N) is 1. The molecule has 0 bridgehead atoms. The normalized spacial score (nSPS) is 11.8. The Morgan fingerprint density at radius 3 is 2.44 bits per heavy atom. The Bertz CT molecular complexity index is 851. The monoisotopic (exact) mass is 346 g/mol. The number of anilines is 1. The van der Waals surface area contributed by atoms with Gasteiger partial charge in [0.1, 0.15) is 5.69 Å². The summed E-state index contributed by atoms with van der Waals surface area (Å²) in [5.41, 5.74) is -0.0308. The van der Waals surface area contributed by atoms with Crippen molar-refractivity contribution >= 4 is 17.3 Å². The zero-order valence-electron chi connectivity index (χ0n) is 13.4. The van der Waals surface area contributed by atoms with Crippen LogP contribution >= 0.6 is 0 Å². The van der Waals surface area contributed by atoms with E-state index in [1.165, 1.54) is 38.5 Å². The van der Waals surface area contributed by atoms with Gasteiger partial charge in [-0.15, -0.1) is 0 Å². The lowest BCUT2D eigenvalue weighted by Crippen LogP contribution is -2.13. The number of fused-ring (bicyclic) bond motifs is 1. The van der Waals surface area contributed by atoms with E-state index in [1.807, 2.05) is 0 Å². The van der Waals surface area contributed by atoms with Gasteiger partial charge in [-0.25, -0.2) is 0 Å². The van der Waals surface area contributed by atoms with Gasteiger partial charge >= 0.3 is 0 Å². The van der Waals surface area contributed by atoms with Gasteiger partial charge in [0.05, 0.1) is 25.2 Å². The maximum atomic E-state index is 12.5. The number of nitro benzene ring substituents is 1. The van der Waals surface area contributed by atoms with Crippen LogP contribution in [0.1, 0.15) is 10.4 Å². The Kier molecular flexibility index (Phi) is 4.29. The topological polar surface area (TPSA) is 109 Å². The number of nitrogens with zero attached hydrogens (tertiary/aromatic N) is 1. The van der Waals surface area contributed by atoms with Crippen molar-refractivity contribution in [3.63, 3.8) is 0 Å². The molecule has 1 N–H and O–H groups in total. The smallest absolute Gasteiger partial charge is 0.296 e. The molecule has 0 fully saturated rings. The lowest BCUT2D eigenvalue weighted by Gasteiger charge is -2.10. The Morgan fingerprint density at radius 1 is 1.12 bits per heavy atom. The van der Waals surface area contributed by atoms with Crippen LogP contribution in [-0.2, 0) is 0 Å². The summed E-state index contributed by atoms with van der Waals surface area (Å²) in [6.45, 7) is -0.0282. The average Bonchev–Trinajstić information content (AvgIpc) is 3.07. The van der Waals surface area contributed by atoms with Crippen LogP contribution in [0.2, 0.25) is 0 Å². The summed E-state index contributed by atoms with van der Waals surface area (Å²) in [6.07, 6.45) is 0. The number of hydrogen-bond donors (Lipinski definition) is 1. The number of nitro groups is 1. The summed E-state index contributed by atoms with van der Waals surface area (Å²) in [5.74, 6) is 0.885. The first-order valence-electron chi connectivity index (χ1n) is 7.15. The number of amides is 1. The number of benzene rings is 2. The van der Waals surface area contributed by atoms with Gasteiger partial charge in [-0.05, 0) is 18.2 Å². The number of carbonyl (C=O) groups excluding carboxylic acids is 1. The van der Waals surface area contributed by atoms with Gasteiger partial charge in [-0.2, -0.15) is 0 Å². The summed E-state index contributed by atoms with van der Waals surface area (Å²) in [4.78, 5) is 23.1. The predicted molar refractivity (Wildman–Crippen MR) is 86.7 cm³/mol. The molecule has 0 atom stereocenters. The number of carbonyl (C=O) groups is 1. The van der Waals surface area contributed by atoms with Crippen molar-refractivity contribution in [2.75, 3.05) is 26.3 Å². The van der Waals surface area contributed by atoms with Gasteiger partial charge < -0.3 is 24.3 Å². The fourth-order valence-electron chi connectivity index (χ4n) is 2.35. The van der Waals surface area contributed by atoms with Crippen LogP contribution in [0.25, 0.3) is 0 Å². The third kappa shape index (κ3) is 3.11. The van der Waals surface area contributed by atoms with Crippen LogP contribution in [0.15, 0.2) is 30.3 Å². The minimum Gasteiger partial charge on any atom is -0.493 e. The summed E-state index contributed by atoms with van der Waals surface area (Å²) >= 11 is 0. The van der Waals surface area contributed by atoms with E-state index in [1.54, 1.807) is 6.07 Å². The second-order valence-corrected chi connectivity index (χ2v) is 5.00. The quantitative estimate of drug-likeness (QED) is 0.654. The molecular weight excluding hydrogens is 332 g/mol. The Labute approximate surface area is 142 Å². The second-order valence-electron chi connectivity index (χ2n) is 5.00. The lowest BCUT2D eigenvalue weighted by atomic mass is 10.1.